The Kier molecular flexibility index (Phi) is 4.86. The summed E-state index contributed by atoms with van der Waals surface area (Å²) < 4.78 is 4.95. The molecule has 20 heavy (non-hydrogen) atoms. The van der Waals surface area contributed by atoms with Gasteiger partial charge in [-0.15, -0.1) is 11.3 Å². The number of carbonyl (C=O) groups excluding carboxylic acids is 1. The van der Waals surface area contributed by atoms with Crippen molar-refractivity contribution in [2.24, 2.45) is 0 Å². The number of rotatable bonds is 4. The van der Waals surface area contributed by atoms with Crippen molar-refractivity contribution in [3.8, 4) is 0 Å². The van der Waals surface area contributed by atoms with Gasteiger partial charge in [-0.25, -0.2) is 9.78 Å². The molecule has 106 valence electrons. The Bertz CT molecular complexity index is 623. The van der Waals surface area contributed by atoms with E-state index in [2.05, 4.69) is 10.3 Å². The van der Waals surface area contributed by atoms with Crippen LogP contribution in [0.15, 0.2) is 18.2 Å². The molecule has 0 aliphatic rings. The van der Waals surface area contributed by atoms with Crippen LogP contribution < -0.4 is 5.32 Å². The molecular formula is C13H12Cl2N2O2S. The van der Waals surface area contributed by atoms with Crippen molar-refractivity contribution >= 4 is 51.3 Å². The zero-order valence-corrected chi connectivity index (χ0v) is 13.2. The van der Waals surface area contributed by atoms with Crippen molar-refractivity contribution in [2.45, 2.75) is 13.8 Å². The number of hydrogen-bond donors (Lipinski definition) is 1. The van der Waals surface area contributed by atoms with Gasteiger partial charge >= 0.3 is 5.97 Å². The van der Waals surface area contributed by atoms with Crippen molar-refractivity contribution in [2.75, 3.05) is 11.9 Å². The van der Waals surface area contributed by atoms with E-state index in [-0.39, 0.29) is 0 Å². The Morgan fingerprint density at radius 1 is 1.35 bits per heavy atom. The number of nitrogens with one attached hydrogen (secondary N) is 1. The van der Waals surface area contributed by atoms with Crippen LogP contribution in [0.1, 0.15) is 22.3 Å². The smallest absolute Gasteiger partial charge is 0.358 e. The zero-order valence-electron chi connectivity index (χ0n) is 10.9. The maximum absolute atomic E-state index is 11.7. The number of hydrogen-bond acceptors (Lipinski definition) is 5. The number of thiazole rings is 1. The summed E-state index contributed by atoms with van der Waals surface area (Å²) in [7, 11) is 0. The Morgan fingerprint density at radius 3 is 2.60 bits per heavy atom. The molecule has 4 nitrogen and oxygen atoms in total. The SMILES string of the molecule is CCOC(=O)c1nc(Nc2cc(Cl)cc(Cl)c2)sc1C. The summed E-state index contributed by atoms with van der Waals surface area (Å²) >= 11 is 13.2. The Balaban J connectivity index is 2.22. The van der Waals surface area contributed by atoms with E-state index in [1.165, 1.54) is 11.3 Å². The largest absolute Gasteiger partial charge is 0.461 e. The van der Waals surface area contributed by atoms with Crippen LogP contribution in [0.5, 0.6) is 0 Å². The van der Waals surface area contributed by atoms with E-state index in [1.807, 2.05) is 6.92 Å². The second-order valence-electron chi connectivity index (χ2n) is 3.93. The first-order chi connectivity index (χ1) is 9.49. The van der Waals surface area contributed by atoms with Crippen LogP contribution in [0.25, 0.3) is 0 Å². The second-order valence-corrected chi connectivity index (χ2v) is 6.00. The maximum atomic E-state index is 11.7. The lowest BCUT2D eigenvalue weighted by Crippen LogP contribution is -2.06. The lowest BCUT2D eigenvalue weighted by atomic mass is 10.3. The van der Waals surface area contributed by atoms with Gasteiger partial charge < -0.3 is 10.1 Å². The molecule has 0 bridgehead atoms. The molecule has 0 fully saturated rings. The van der Waals surface area contributed by atoms with Crippen molar-refractivity contribution in [1.29, 1.82) is 0 Å². The number of esters is 1. The van der Waals surface area contributed by atoms with Crippen LogP contribution in [-0.4, -0.2) is 17.6 Å². The van der Waals surface area contributed by atoms with Gasteiger partial charge in [0.05, 0.1) is 6.61 Å². The first-order valence-electron chi connectivity index (χ1n) is 5.87. The standard InChI is InChI=1S/C13H12Cl2N2O2S/c1-3-19-12(18)11-7(2)20-13(17-11)16-10-5-8(14)4-9(15)6-10/h4-6H,3H2,1-2H3,(H,16,17). The minimum Gasteiger partial charge on any atom is -0.461 e. The van der Waals surface area contributed by atoms with Gasteiger partial charge in [0.2, 0.25) is 0 Å². The average molecular weight is 331 g/mol. The molecule has 2 rings (SSSR count). The van der Waals surface area contributed by atoms with Gasteiger partial charge in [0.1, 0.15) is 0 Å². The van der Waals surface area contributed by atoms with E-state index in [4.69, 9.17) is 27.9 Å². The van der Waals surface area contributed by atoms with Gasteiger partial charge in [-0.1, -0.05) is 23.2 Å². The first kappa shape index (κ1) is 15.1. The topological polar surface area (TPSA) is 51.2 Å². The summed E-state index contributed by atoms with van der Waals surface area (Å²) in [6.07, 6.45) is 0. The van der Waals surface area contributed by atoms with Gasteiger partial charge in [-0.05, 0) is 32.0 Å². The quantitative estimate of drug-likeness (QED) is 0.827. The van der Waals surface area contributed by atoms with Crippen LogP contribution >= 0.6 is 34.5 Å². The zero-order chi connectivity index (χ0) is 14.7. The van der Waals surface area contributed by atoms with Crippen molar-refractivity contribution in [1.82, 2.24) is 4.98 Å². The third-order valence-corrected chi connectivity index (χ3v) is 3.70. The van der Waals surface area contributed by atoms with Crippen molar-refractivity contribution < 1.29 is 9.53 Å². The summed E-state index contributed by atoms with van der Waals surface area (Å²) in [5.74, 6) is -0.418. The fourth-order valence-corrected chi connectivity index (χ4v) is 2.94. The number of aryl methyl sites for hydroxylation is 1. The number of ether oxygens (including phenoxy) is 1. The number of halogens is 2. The number of benzene rings is 1. The summed E-state index contributed by atoms with van der Waals surface area (Å²) in [6.45, 7) is 3.90. The minimum absolute atomic E-state index is 0.322. The molecule has 2 aromatic rings. The highest BCUT2D eigenvalue weighted by molar-refractivity contribution is 7.15. The van der Waals surface area contributed by atoms with Crippen LogP contribution in [-0.2, 0) is 4.74 Å². The fourth-order valence-electron chi connectivity index (χ4n) is 1.59. The second kappa shape index (κ2) is 6.43. The minimum atomic E-state index is -0.418. The van der Waals surface area contributed by atoms with E-state index in [1.54, 1.807) is 25.1 Å². The first-order valence-corrected chi connectivity index (χ1v) is 7.44. The molecule has 0 spiro atoms. The molecule has 1 N–H and O–H groups in total. The Hall–Kier alpha value is -1.30. The van der Waals surface area contributed by atoms with Gasteiger partial charge in [-0.2, -0.15) is 0 Å². The molecule has 0 saturated carbocycles. The molecular weight excluding hydrogens is 319 g/mol. The predicted molar refractivity (Wildman–Crippen MR) is 82.6 cm³/mol. The van der Waals surface area contributed by atoms with Crippen LogP contribution in [0, 0.1) is 6.92 Å². The summed E-state index contributed by atoms with van der Waals surface area (Å²) in [5.41, 5.74) is 1.04. The molecule has 0 amide bonds. The molecule has 0 aliphatic heterocycles. The molecule has 0 unspecified atom stereocenters. The van der Waals surface area contributed by atoms with Crippen LogP contribution in [0.4, 0.5) is 10.8 Å². The highest BCUT2D eigenvalue weighted by atomic mass is 35.5. The van der Waals surface area contributed by atoms with E-state index < -0.39 is 5.97 Å². The van der Waals surface area contributed by atoms with Gasteiger partial charge in [0.25, 0.3) is 0 Å². The third-order valence-electron chi connectivity index (χ3n) is 2.38. The van der Waals surface area contributed by atoms with Crippen LogP contribution in [0.2, 0.25) is 10.0 Å². The number of anilines is 2. The molecule has 0 saturated heterocycles. The Morgan fingerprint density at radius 2 is 2.00 bits per heavy atom. The monoisotopic (exact) mass is 330 g/mol. The Labute approximate surface area is 130 Å². The number of nitrogens with zero attached hydrogens (tertiary/aromatic N) is 1. The molecule has 0 aliphatic carbocycles. The van der Waals surface area contributed by atoms with E-state index in [9.17, 15) is 4.79 Å². The average Bonchev–Trinajstić information content (AvgIpc) is 2.69. The van der Waals surface area contributed by atoms with Gasteiger partial charge in [0.15, 0.2) is 10.8 Å². The molecule has 1 aromatic carbocycles. The number of carbonyl (C=O) groups is 1. The molecule has 0 radical (unpaired) electrons. The maximum Gasteiger partial charge on any atom is 0.358 e. The molecule has 7 heteroatoms. The number of aromatic nitrogens is 1. The lowest BCUT2D eigenvalue weighted by molar-refractivity contribution is 0.0519. The summed E-state index contributed by atoms with van der Waals surface area (Å²) in [6, 6.07) is 5.11. The highest BCUT2D eigenvalue weighted by Crippen LogP contribution is 2.29. The lowest BCUT2D eigenvalue weighted by Gasteiger charge is -2.03. The molecule has 1 aromatic heterocycles. The van der Waals surface area contributed by atoms with E-state index >= 15 is 0 Å². The van der Waals surface area contributed by atoms with E-state index in [0.29, 0.717) is 33.2 Å². The normalized spacial score (nSPS) is 10.4. The van der Waals surface area contributed by atoms with Gasteiger partial charge in [-0.3, -0.25) is 0 Å². The van der Waals surface area contributed by atoms with Gasteiger partial charge in [0, 0.05) is 20.6 Å². The van der Waals surface area contributed by atoms with Crippen LogP contribution in [0.3, 0.4) is 0 Å². The van der Waals surface area contributed by atoms with Crippen molar-refractivity contribution in [3.05, 3.63) is 38.8 Å². The third kappa shape index (κ3) is 3.62. The summed E-state index contributed by atoms with van der Waals surface area (Å²) in [5, 5.41) is 4.71. The predicted octanol–water partition coefficient (Wildman–Crippen LogP) is 4.68. The fraction of sp³-hybridized carbons (Fsp3) is 0.231. The molecule has 1 heterocycles. The molecule has 0 atom stereocenters. The van der Waals surface area contributed by atoms with Crippen molar-refractivity contribution in [3.63, 3.8) is 0 Å². The summed E-state index contributed by atoms with van der Waals surface area (Å²) in [4.78, 5) is 16.7. The highest BCUT2D eigenvalue weighted by Gasteiger charge is 2.16. The van der Waals surface area contributed by atoms with E-state index in [0.717, 1.165) is 4.88 Å².